The molecule has 3 N–H and O–H groups in total. The van der Waals surface area contributed by atoms with E-state index in [0.29, 0.717) is 31.1 Å². The molecule has 0 saturated carbocycles. The van der Waals surface area contributed by atoms with Crippen LogP contribution in [0.25, 0.3) is 0 Å². The number of carbonyl (C=O) groups is 1. The Morgan fingerprint density at radius 3 is 3.11 bits per heavy atom. The number of nitrogens with zero attached hydrogens (tertiary/aromatic N) is 2. The van der Waals surface area contributed by atoms with Crippen LogP contribution in [-0.2, 0) is 9.53 Å². The van der Waals surface area contributed by atoms with Crippen LogP contribution in [0.1, 0.15) is 0 Å². The lowest BCUT2D eigenvalue weighted by atomic mass is 10.2. The number of nitriles is 1. The van der Waals surface area contributed by atoms with Gasteiger partial charge in [-0.05, 0) is 12.1 Å². The SMILES string of the molecule is N#CC1CN(CC(=O)Nc2ccccc2N)CCO1. The van der Waals surface area contributed by atoms with Gasteiger partial charge in [0.1, 0.15) is 0 Å². The number of nitrogens with two attached hydrogens (primary N) is 1. The highest BCUT2D eigenvalue weighted by atomic mass is 16.5. The van der Waals surface area contributed by atoms with Crippen LogP contribution < -0.4 is 11.1 Å². The topological polar surface area (TPSA) is 91.4 Å². The fraction of sp³-hybridized carbons (Fsp3) is 0.385. The molecule has 1 heterocycles. The van der Waals surface area contributed by atoms with Crippen LogP contribution in [0.5, 0.6) is 0 Å². The number of amides is 1. The fourth-order valence-corrected chi connectivity index (χ4v) is 1.93. The Balaban J connectivity index is 1.88. The number of hydrogen-bond acceptors (Lipinski definition) is 5. The van der Waals surface area contributed by atoms with Crippen molar-refractivity contribution in [3.63, 3.8) is 0 Å². The molecule has 0 bridgehead atoms. The highest BCUT2D eigenvalue weighted by Gasteiger charge is 2.21. The number of carbonyl (C=O) groups excluding carboxylic acids is 1. The quantitative estimate of drug-likeness (QED) is 0.769. The molecule has 1 aromatic rings. The van der Waals surface area contributed by atoms with Crippen molar-refractivity contribution in [2.24, 2.45) is 0 Å². The van der Waals surface area contributed by atoms with Crippen LogP contribution in [0.15, 0.2) is 24.3 Å². The minimum absolute atomic E-state index is 0.142. The van der Waals surface area contributed by atoms with E-state index in [1.807, 2.05) is 17.0 Å². The Bertz CT molecular complexity index is 498. The van der Waals surface area contributed by atoms with Crippen LogP contribution in [0, 0.1) is 11.3 Å². The number of morpholine rings is 1. The van der Waals surface area contributed by atoms with E-state index >= 15 is 0 Å². The Kier molecular flexibility index (Phi) is 4.34. The molecule has 1 amide bonds. The van der Waals surface area contributed by atoms with Gasteiger partial charge in [-0.15, -0.1) is 0 Å². The van der Waals surface area contributed by atoms with Crippen molar-refractivity contribution < 1.29 is 9.53 Å². The zero-order valence-electron chi connectivity index (χ0n) is 10.5. The van der Waals surface area contributed by atoms with Gasteiger partial charge in [-0.3, -0.25) is 9.69 Å². The standard InChI is InChI=1S/C13H16N4O2/c14-7-10-8-17(5-6-19-10)9-13(18)16-12-4-2-1-3-11(12)15/h1-4,10H,5-6,8-9,15H2,(H,16,18). The van der Waals surface area contributed by atoms with Crippen molar-refractivity contribution in [3.05, 3.63) is 24.3 Å². The molecular formula is C13H16N4O2. The number of rotatable bonds is 3. The molecule has 0 aliphatic carbocycles. The van der Waals surface area contributed by atoms with Gasteiger partial charge in [-0.1, -0.05) is 12.1 Å². The summed E-state index contributed by atoms with van der Waals surface area (Å²) >= 11 is 0. The lowest BCUT2D eigenvalue weighted by molar-refractivity contribution is -0.118. The maximum absolute atomic E-state index is 11.9. The van der Waals surface area contributed by atoms with Crippen molar-refractivity contribution in [1.29, 1.82) is 5.26 Å². The summed E-state index contributed by atoms with van der Waals surface area (Å²) in [6, 6.07) is 9.16. The third-order valence-electron chi connectivity index (χ3n) is 2.90. The van der Waals surface area contributed by atoms with Crippen molar-refractivity contribution in [3.8, 4) is 6.07 Å². The zero-order valence-corrected chi connectivity index (χ0v) is 10.5. The van der Waals surface area contributed by atoms with Crippen LogP contribution in [0.4, 0.5) is 11.4 Å². The Morgan fingerprint density at radius 1 is 1.58 bits per heavy atom. The second kappa shape index (κ2) is 6.18. The van der Waals surface area contributed by atoms with Crippen molar-refractivity contribution in [2.45, 2.75) is 6.10 Å². The molecule has 1 aliphatic rings. The lowest BCUT2D eigenvalue weighted by Gasteiger charge is -2.28. The third-order valence-corrected chi connectivity index (χ3v) is 2.90. The first kappa shape index (κ1) is 13.3. The van der Waals surface area contributed by atoms with Crippen LogP contribution in [-0.4, -0.2) is 43.2 Å². The van der Waals surface area contributed by atoms with Crippen molar-refractivity contribution in [1.82, 2.24) is 4.90 Å². The number of nitrogens with one attached hydrogen (secondary N) is 1. The molecule has 0 aromatic heterocycles. The number of anilines is 2. The van der Waals surface area contributed by atoms with E-state index in [-0.39, 0.29) is 12.5 Å². The summed E-state index contributed by atoms with van der Waals surface area (Å²) in [4.78, 5) is 13.8. The molecule has 0 spiro atoms. The number of benzene rings is 1. The minimum atomic E-state index is -0.455. The molecule has 1 aromatic carbocycles. The molecule has 6 heteroatoms. The summed E-state index contributed by atoms with van der Waals surface area (Å²) < 4.78 is 5.22. The molecule has 100 valence electrons. The molecule has 1 atom stereocenters. The van der Waals surface area contributed by atoms with Crippen LogP contribution in [0.3, 0.4) is 0 Å². The Hall–Kier alpha value is -2.10. The summed E-state index contributed by atoms with van der Waals surface area (Å²) in [5.41, 5.74) is 6.90. The second-order valence-corrected chi connectivity index (χ2v) is 4.36. The lowest BCUT2D eigenvalue weighted by Crippen LogP contribution is -2.45. The summed E-state index contributed by atoms with van der Waals surface area (Å²) in [6.07, 6.45) is -0.455. The van der Waals surface area contributed by atoms with Crippen LogP contribution >= 0.6 is 0 Å². The zero-order chi connectivity index (χ0) is 13.7. The molecule has 2 rings (SSSR count). The molecule has 0 radical (unpaired) electrons. The van der Waals surface area contributed by atoms with Gasteiger partial charge in [0.05, 0.1) is 30.6 Å². The summed E-state index contributed by atoms with van der Waals surface area (Å²) in [7, 11) is 0. The average Bonchev–Trinajstić information content (AvgIpc) is 2.41. The summed E-state index contributed by atoms with van der Waals surface area (Å²) in [5, 5.41) is 11.6. The predicted molar refractivity (Wildman–Crippen MR) is 71.3 cm³/mol. The van der Waals surface area contributed by atoms with Gasteiger partial charge in [-0.2, -0.15) is 5.26 Å². The van der Waals surface area contributed by atoms with Gasteiger partial charge in [0.25, 0.3) is 0 Å². The molecule has 19 heavy (non-hydrogen) atoms. The fourth-order valence-electron chi connectivity index (χ4n) is 1.93. The number of ether oxygens (including phenoxy) is 1. The predicted octanol–water partition coefficient (Wildman–Crippen LogP) is 0.432. The Labute approximate surface area is 111 Å². The first-order chi connectivity index (χ1) is 9.19. The van der Waals surface area contributed by atoms with Crippen molar-refractivity contribution >= 4 is 17.3 Å². The van der Waals surface area contributed by atoms with Gasteiger partial charge >= 0.3 is 0 Å². The van der Waals surface area contributed by atoms with E-state index in [2.05, 4.69) is 11.4 Å². The van der Waals surface area contributed by atoms with Gasteiger partial charge in [0, 0.05) is 13.1 Å². The van der Waals surface area contributed by atoms with Gasteiger partial charge in [0.2, 0.25) is 5.91 Å². The van der Waals surface area contributed by atoms with Crippen LogP contribution in [0.2, 0.25) is 0 Å². The first-order valence-electron chi connectivity index (χ1n) is 6.07. The molecule has 1 saturated heterocycles. The van der Waals surface area contributed by atoms with E-state index in [0.717, 1.165) is 0 Å². The summed E-state index contributed by atoms with van der Waals surface area (Å²) in [5.74, 6) is -0.142. The Morgan fingerprint density at radius 2 is 2.37 bits per heavy atom. The van der Waals surface area contributed by atoms with E-state index in [9.17, 15) is 4.79 Å². The molecular weight excluding hydrogens is 244 g/mol. The van der Waals surface area contributed by atoms with Gasteiger partial charge in [-0.25, -0.2) is 0 Å². The first-order valence-corrected chi connectivity index (χ1v) is 6.07. The van der Waals surface area contributed by atoms with E-state index in [1.165, 1.54) is 0 Å². The normalized spacial score (nSPS) is 19.6. The highest BCUT2D eigenvalue weighted by molar-refractivity contribution is 5.95. The maximum Gasteiger partial charge on any atom is 0.238 e. The molecule has 1 aliphatic heterocycles. The van der Waals surface area contributed by atoms with Gasteiger partial charge < -0.3 is 15.8 Å². The van der Waals surface area contributed by atoms with E-state index in [1.54, 1.807) is 12.1 Å². The molecule has 1 fully saturated rings. The minimum Gasteiger partial charge on any atom is -0.397 e. The number of nitrogen functional groups attached to an aromatic ring is 1. The monoisotopic (exact) mass is 260 g/mol. The molecule has 1 unspecified atom stereocenters. The smallest absolute Gasteiger partial charge is 0.238 e. The molecule has 6 nitrogen and oxygen atoms in total. The maximum atomic E-state index is 11.9. The van der Waals surface area contributed by atoms with Gasteiger partial charge in [0.15, 0.2) is 6.10 Å². The largest absolute Gasteiger partial charge is 0.397 e. The third kappa shape index (κ3) is 3.68. The summed E-state index contributed by atoms with van der Waals surface area (Å²) in [6.45, 7) is 1.80. The average molecular weight is 260 g/mol. The highest BCUT2D eigenvalue weighted by Crippen LogP contribution is 2.16. The van der Waals surface area contributed by atoms with E-state index in [4.69, 9.17) is 15.7 Å². The van der Waals surface area contributed by atoms with E-state index < -0.39 is 6.10 Å². The number of para-hydroxylation sites is 2. The number of hydrogen-bond donors (Lipinski definition) is 2. The second-order valence-electron chi connectivity index (χ2n) is 4.36. The van der Waals surface area contributed by atoms with Crippen molar-refractivity contribution in [2.75, 3.05) is 37.3 Å².